The zero-order chi connectivity index (χ0) is 11.5. The van der Waals surface area contributed by atoms with Gasteiger partial charge in [0.2, 0.25) is 5.89 Å². The predicted octanol–water partition coefficient (Wildman–Crippen LogP) is 0.695. The second-order valence-electron chi connectivity index (χ2n) is 4.60. The number of Topliss-reactive ketones (excluding diaryl/α,β-unsaturated/α-hetero) is 1. The fourth-order valence-electron chi connectivity index (χ4n) is 2.11. The number of ketones is 1. The van der Waals surface area contributed by atoms with Crippen LogP contribution < -0.4 is 0 Å². The molecule has 1 unspecified atom stereocenters. The van der Waals surface area contributed by atoms with Gasteiger partial charge in [0.25, 0.3) is 0 Å². The molecule has 1 fully saturated rings. The molecule has 0 saturated carbocycles. The van der Waals surface area contributed by atoms with Crippen molar-refractivity contribution in [1.82, 2.24) is 15.0 Å². The molecular weight excluding hydrogens is 206 g/mol. The van der Waals surface area contributed by atoms with Gasteiger partial charge in [-0.15, -0.1) is 0 Å². The van der Waals surface area contributed by atoms with Gasteiger partial charge < -0.3 is 9.42 Å². The molecule has 0 aromatic carbocycles. The van der Waals surface area contributed by atoms with Crippen LogP contribution in [0.5, 0.6) is 0 Å². The molecule has 88 valence electrons. The van der Waals surface area contributed by atoms with E-state index in [0.29, 0.717) is 11.8 Å². The van der Waals surface area contributed by atoms with Crippen molar-refractivity contribution in [2.75, 3.05) is 20.1 Å². The van der Waals surface area contributed by atoms with Crippen LogP contribution in [0.4, 0.5) is 0 Å². The third kappa shape index (κ3) is 2.88. The molecule has 0 bridgehead atoms. The zero-order valence-corrected chi connectivity index (χ0v) is 9.77. The second kappa shape index (κ2) is 4.74. The maximum Gasteiger partial charge on any atom is 0.234 e. The summed E-state index contributed by atoms with van der Waals surface area (Å²) in [5.74, 6) is 1.84. The Kier molecular flexibility index (Phi) is 3.33. The quantitative estimate of drug-likeness (QED) is 0.751. The molecule has 5 nitrogen and oxygen atoms in total. The lowest BCUT2D eigenvalue weighted by Crippen LogP contribution is -2.15. The van der Waals surface area contributed by atoms with Gasteiger partial charge >= 0.3 is 0 Å². The number of likely N-dealkylation sites (tertiary alicyclic amines) is 1. The maximum absolute atomic E-state index is 10.9. The molecule has 2 rings (SSSR count). The highest BCUT2D eigenvalue weighted by atomic mass is 16.5. The lowest BCUT2D eigenvalue weighted by atomic mass is 10.1. The smallest absolute Gasteiger partial charge is 0.234 e. The van der Waals surface area contributed by atoms with E-state index in [2.05, 4.69) is 22.1 Å². The number of nitrogens with zero attached hydrogens (tertiary/aromatic N) is 3. The molecule has 1 aromatic heterocycles. The summed E-state index contributed by atoms with van der Waals surface area (Å²) < 4.78 is 5.02. The highest BCUT2D eigenvalue weighted by molar-refractivity contribution is 5.77. The summed E-state index contributed by atoms with van der Waals surface area (Å²) in [5.41, 5.74) is 0. The minimum Gasteiger partial charge on any atom is -0.339 e. The Morgan fingerprint density at radius 3 is 3.06 bits per heavy atom. The topological polar surface area (TPSA) is 59.2 Å². The normalized spacial score (nSPS) is 21.5. The number of carbonyl (C=O) groups excluding carboxylic acids is 1. The van der Waals surface area contributed by atoms with Gasteiger partial charge in [-0.2, -0.15) is 4.98 Å². The summed E-state index contributed by atoms with van der Waals surface area (Å²) in [7, 11) is 2.12. The summed E-state index contributed by atoms with van der Waals surface area (Å²) in [6.07, 6.45) is 2.29. The largest absolute Gasteiger partial charge is 0.339 e. The van der Waals surface area contributed by atoms with Crippen molar-refractivity contribution in [3.63, 3.8) is 0 Å². The molecule has 0 aliphatic carbocycles. The third-order valence-electron chi connectivity index (χ3n) is 2.87. The summed E-state index contributed by atoms with van der Waals surface area (Å²) in [6.45, 7) is 3.76. The molecule has 1 atom stereocenters. The van der Waals surface area contributed by atoms with Crippen LogP contribution in [0.25, 0.3) is 0 Å². The highest BCUT2D eigenvalue weighted by Crippen LogP contribution is 2.18. The first kappa shape index (κ1) is 11.3. The van der Waals surface area contributed by atoms with E-state index in [1.807, 2.05) is 0 Å². The van der Waals surface area contributed by atoms with Crippen molar-refractivity contribution >= 4 is 5.78 Å². The van der Waals surface area contributed by atoms with E-state index >= 15 is 0 Å². The number of hydrogen-bond donors (Lipinski definition) is 0. The van der Waals surface area contributed by atoms with Crippen molar-refractivity contribution in [3.05, 3.63) is 11.7 Å². The van der Waals surface area contributed by atoms with E-state index in [1.54, 1.807) is 0 Å². The van der Waals surface area contributed by atoms with Gasteiger partial charge in [-0.3, -0.25) is 4.79 Å². The van der Waals surface area contributed by atoms with Crippen molar-refractivity contribution < 1.29 is 9.32 Å². The lowest BCUT2D eigenvalue weighted by molar-refractivity contribution is -0.116. The van der Waals surface area contributed by atoms with Gasteiger partial charge in [-0.1, -0.05) is 5.16 Å². The van der Waals surface area contributed by atoms with Gasteiger partial charge in [-0.25, -0.2) is 0 Å². The first-order valence-corrected chi connectivity index (χ1v) is 5.63. The van der Waals surface area contributed by atoms with Crippen molar-refractivity contribution in [2.45, 2.75) is 26.2 Å². The van der Waals surface area contributed by atoms with E-state index in [-0.39, 0.29) is 12.2 Å². The molecule has 1 aromatic rings. The molecule has 1 aliphatic rings. The van der Waals surface area contributed by atoms with Crippen molar-refractivity contribution in [3.8, 4) is 0 Å². The molecule has 1 saturated heterocycles. The molecule has 16 heavy (non-hydrogen) atoms. The molecule has 0 radical (unpaired) electrons. The van der Waals surface area contributed by atoms with E-state index in [4.69, 9.17) is 4.52 Å². The van der Waals surface area contributed by atoms with Crippen LogP contribution in [0.3, 0.4) is 0 Å². The van der Waals surface area contributed by atoms with Gasteiger partial charge in [0.15, 0.2) is 5.82 Å². The Balaban J connectivity index is 1.90. The van der Waals surface area contributed by atoms with Crippen molar-refractivity contribution in [1.29, 1.82) is 0 Å². The lowest BCUT2D eigenvalue weighted by Gasteiger charge is -2.06. The standard InChI is InChI=1S/C11H17N3O2/c1-8(15)5-11-12-10(13-16-11)6-9-3-4-14(2)7-9/h9H,3-7H2,1-2H3. The maximum atomic E-state index is 10.9. The number of rotatable bonds is 4. The molecule has 0 N–H and O–H groups in total. The van der Waals surface area contributed by atoms with E-state index < -0.39 is 0 Å². The Bertz CT molecular complexity index is 375. The number of hydrogen-bond acceptors (Lipinski definition) is 5. The molecule has 1 aliphatic heterocycles. The van der Waals surface area contributed by atoms with E-state index in [9.17, 15) is 4.79 Å². The van der Waals surface area contributed by atoms with E-state index in [1.165, 1.54) is 13.3 Å². The SMILES string of the molecule is CC(=O)Cc1nc(CC2CCN(C)C2)no1. The van der Waals surface area contributed by atoms with Crippen LogP contribution in [0.1, 0.15) is 25.1 Å². The van der Waals surface area contributed by atoms with Gasteiger partial charge in [-0.05, 0) is 32.9 Å². The summed E-state index contributed by atoms with van der Waals surface area (Å²) in [6, 6.07) is 0. The predicted molar refractivity (Wildman–Crippen MR) is 58.0 cm³/mol. The summed E-state index contributed by atoms with van der Waals surface area (Å²) >= 11 is 0. The minimum absolute atomic E-state index is 0.0517. The third-order valence-corrected chi connectivity index (χ3v) is 2.87. The van der Waals surface area contributed by atoms with E-state index in [0.717, 1.165) is 25.3 Å². The first-order valence-electron chi connectivity index (χ1n) is 5.63. The number of aromatic nitrogens is 2. The first-order chi connectivity index (χ1) is 7.63. The fourth-order valence-corrected chi connectivity index (χ4v) is 2.11. The second-order valence-corrected chi connectivity index (χ2v) is 4.60. The highest BCUT2D eigenvalue weighted by Gasteiger charge is 2.21. The molecule has 0 amide bonds. The molecular formula is C11H17N3O2. The Hall–Kier alpha value is -1.23. The zero-order valence-electron chi connectivity index (χ0n) is 9.77. The fraction of sp³-hybridized carbons (Fsp3) is 0.727. The Morgan fingerprint density at radius 2 is 2.44 bits per heavy atom. The average Bonchev–Trinajstić information content (AvgIpc) is 2.76. The van der Waals surface area contributed by atoms with Gasteiger partial charge in [0, 0.05) is 13.0 Å². The summed E-state index contributed by atoms with van der Waals surface area (Å²) in [5, 5.41) is 3.90. The molecule has 0 spiro atoms. The Morgan fingerprint density at radius 1 is 1.62 bits per heavy atom. The molecule has 5 heteroatoms. The average molecular weight is 223 g/mol. The van der Waals surface area contributed by atoms with Crippen LogP contribution in [0.15, 0.2) is 4.52 Å². The number of carbonyl (C=O) groups is 1. The molecule has 2 heterocycles. The van der Waals surface area contributed by atoms with Crippen LogP contribution in [-0.2, 0) is 17.6 Å². The monoisotopic (exact) mass is 223 g/mol. The van der Waals surface area contributed by atoms with Gasteiger partial charge in [0.1, 0.15) is 5.78 Å². The van der Waals surface area contributed by atoms with Crippen molar-refractivity contribution in [2.24, 2.45) is 5.92 Å². The Labute approximate surface area is 94.8 Å². The van der Waals surface area contributed by atoms with Crippen LogP contribution in [-0.4, -0.2) is 41.0 Å². The van der Waals surface area contributed by atoms with Crippen LogP contribution >= 0.6 is 0 Å². The summed E-state index contributed by atoms with van der Waals surface area (Å²) in [4.78, 5) is 17.4. The van der Waals surface area contributed by atoms with Crippen LogP contribution in [0, 0.1) is 5.92 Å². The minimum atomic E-state index is 0.0517. The van der Waals surface area contributed by atoms with Crippen LogP contribution in [0.2, 0.25) is 0 Å². The van der Waals surface area contributed by atoms with Gasteiger partial charge in [0.05, 0.1) is 6.42 Å².